The van der Waals surface area contributed by atoms with Gasteiger partial charge in [0.25, 0.3) is 0 Å². The number of anilines is 1. The lowest BCUT2D eigenvalue weighted by molar-refractivity contribution is -0.120. The van der Waals surface area contributed by atoms with Gasteiger partial charge in [-0.1, -0.05) is 19.3 Å². The molecule has 2 fully saturated rings. The number of amides is 3. The number of carbonyl (C=O) groups is 2. The predicted molar refractivity (Wildman–Crippen MR) is 116 cm³/mol. The summed E-state index contributed by atoms with van der Waals surface area (Å²) in [6.07, 6.45) is 8.40. The average molecular weight is 434 g/mol. The Balaban J connectivity index is 1.21. The number of urea groups is 1. The first kappa shape index (κ1) is 20.3. The van der Waals surface area contributed by atoms with Crippen molar-refractivity contribution in [1.82, 2.24) is 20.6 Å². The summed E-state index contributed by atoms with van der Waals surface area (Å²) in [6.45, 7) is 1.96. The normalized spacial score (nSPS) is 17.9. The molecule has 29 heavy (non-hydrogen) atoms. The summed E-state index contributed by atoms with van der Waals surface area (Å²) in [5.41, 5.74) is 1.95. The first-order chi connectivity index (χ1) is 14.2. The average Bonchev–Trinajstić information content (AvgIpc) is 3.39. The largest absolute Gasteiger partial charge is 0.355 e. The molecule has 1 saturated carbocycles. The summed E-state index contributed by atoms with van der Waals surface area (Å²) < 4.78 is 0. The lowest BCUT2D eigenvalue weighted by Gasteiger charge is -2.24. The molecule has 7 nitrogen and oxygen atoms in total. The number of hydrogen-bond donors (Lipinski definition) is 2. The monoisotopic (exact) mass is 433 g/mol. The van der Waals surface area contributed by atoms with Crippen molar-refractivity contribution < 1.29 is 9.59 Å². The van der Waals surface area contributed by atoms with Crippen LogP contribution in [0.2, 0.25) is 0 Å². The van der Waals surface area contributed by atoms with E-state index in [1.54, 1.807) is 16.2 Å². The van der Waals surface area contributed by atoms with Gasteiger partial charge in [0, 0.05) is 42.7 Å². The molecule has 0 radical (unpaired) electrons. The molecule has 2 aromatic rings. The van der Waals surface area contributed by atoms with E-state index in [1.807, 2.05) is 5.38 Å². The first-order valence-electron chi connectivity index (χ1n) is 10.4. The fraction of sp³-hybridized carbons (Fsp3) is 0.600. The van der Waals surface area contributed by atoms with E-state index < -0.39 is 0 Å². The number of nitrogens with zero attached hydrogens (tertiary/aromatic N) is 3. The Labute approximate surface area is 178 Å². The highest BCUT2D eigenvalue weighted by atomic mass is 32.1. The summed E-state index contributed by atoms with van der Waals surface area (Å²) in [7, 11) is 0. The first-order valence-corrected chi connectivity index (χ1v) is 12.2. The van der Waals surface area contributed by atoms with E-state index in [9.17, 15) is 9.59 Å². The zero-order valence-corrected chi connectivity index (χ0v) is 18.1. The summed E-state index contributed by atoms with van der Waals surface area (Å²) in [5, 5.41) is 11.6. The van der Waals surface area contributed by atoms with Gasteiger partial charge in [-0.3, -0.25) is 9.69 Å². The number of rotatable bonds is 7. The molecule has 2 aliphatic rings. The van der Waals surface area contributed by atoms with E-state index in [0.717, 1.165) is 17.8 Å². The Bertz CT molecular complexity index is 844. The van der Waals surface area contributed by atoms with Gasteiger partial charge in [0.1, 0.15) is 0 Å². The van der Waals surface area contributed by atoms with Crippen LogP contribution in [0, 0.1) is 0 Å². The van der Waals surface area contributed by atoms with Gasteiger partial charge in [0.15, 0.2) is 5.13 Å². The van der Waals surface area contributed by atoms with E-state index in [2.05, 4.69) is 21.0 Å². The topological polar surface area (TPSA) is 87.2 Å². The quantitative estimate of drug-likeness (QED) is 0.700. The summed E-state index contributed by atoms with van der Waals surface area (Å²) >= 11 is 3.11. The van der Waals surface area contributed by atoms with Crippen molar-refractivity contribution in [2.75, 3.05) is 24.5 Å². The number of hydrogen-bond acceptors (Lipinski definition) is 6. The minimum Gasteiger partial charge on any atom is -0.355 e. The lowest BCUT2D eigenvalue weighted by Crippen LogP contribution is -2.46. The van der Waals surface area contributed by atoms with E-state index >= 15 is 0 Å². The second-order valence-electron chi connectivity index (χ2n) is 7.64. The highest BCUT2D eigenvalue weighted by Crippen LogP contribution is 2.33. The van der Waals surface area contributed by atoms with E-state index in [4.69, 9.17) is 4.98 Å². The van der Waals surface area contributed by atoms with Crippen molar-refractivity contribution in [3.8, 4) is 0 Å². The second kappa shape index (κ2) is 9.67. The van der Waals surface area contributed by atoms with E-state index in [-0.39, 0.29) is 18.4 Å². The highest BCUT2D eigenvalue weighted by Gasteiger charge is 2.22. The Morgan fingerprint density at radius 1 is 1.17 bits per heavy atom. The third-order valence-electron chi connectivity index (χ3n) is 5.45. The molecule has 1 saturated heterocycles. The van der Waals surface area contributed by atoms with Gasteiger partial charge in [-0.15, -0.1) is 22.7 Å². The Morgan fingerprint density at radius 3 is 2.86 bits per heavy atom. The maximum absolute atomic E-state index is 12.2. The third kappa shape index (κ3) is 5.33. The van der Waals surface area contributed by atoms with Crippen LogP contribution in [0.5, 0.6) is 0 Å². The van der Waals surface area contributed by atoms with Crippen molar-refractivity contribution in [3.63, 3.8) is 0 Å². The number of aromatic nitrogens is 2. The van der Waals surface area contributed by atoms with E-state index in [0.29, 0.717) is 36.4 Å². The van der Waals surface area contributed by atoms with Crippen molar-refractivity contribution in [1.29, 1.82) is 0 Å². The molecule has 4 rings (SSSR count). The van der Waals surface area contributed by atoms with Crippen LogP contribution in [-0.2, 0) is 17.6 Å². The molecule has 9 heteroatoms. The molecule has 0 bridgehead atoms. The number of carbonyl (C=O) groups excluding carboxylic acids is 2. The molecular formula is C20H27N5O2S2. The van der Waals surface area contributed by atoms with Crippen LogP contribution in [0.4, 0.5) is 9.93 Å². The smallest absolute Gasteiger partial charge is 0.323 e. The number of nitrogens with one attached hydrogen (secondary N) is 2. The maximum Gasteiger partial charge on any atom is 0.323 e. The van der Waals surface area contributed by atoms with Gasteiger partial charge >= 0.3 is 6.03 Å². The Kier molecular flexibility index (Phi) is 6.76. The minimum absolute atomic E-state index is 0.0472. The molecule has 1 aliphatic heterocycles. The molecule has 0 atom stereocenters. The van der Waals surface area contributed by atoms with Crippen molar-refractivity contribution >= 4 is 39.7 Å². The lowest BCUT2D eigenvalue weighted by atomic mass is 9.87. The van der Waals surface area contributed by atoms with Crippen LogP contribution in [0.3, 0.4) is 0 Å². The molecular weight excluding hydrogens is 406 g/mol. The Hall–Kier alpha value is -2.00. The van der Waals surface area contributed by atoms with Crippen LogP contribution in [0.25, 0.3) is 0 Å². The molecule has 3 amide bonds. The van der Waals surface area contributed by atoms with Crippen LogP contribution in [-0.4, -0.2) is 41.5 Å². The Morgan fingerprint density at radius 2 is 2.03 bits per heavy atom. The van der Waals surface area contributed by atoms with Crippen LogP contribution in [0.1, 0.15) is 60.8 Å². The maximum atomic E-state index is 12.2. The van der Waals surface area contributed by atoms with Gasteiger partial charge < -0.3 is 10.6 Å². The van der Waals surface area contributed by atoms with Crippen LogP contribution in [0.15, 0.2) is 10.8 Å². The predicted octanol–water partition coefficient (Wildman–Crippen LogP) is 3.47. The van der Waals surface area contributed by atoms with Gasteiger partial charge in [-0.2, -0.15) is 0 Å². The molecule has 0 aromatic carbocycles. The fourth-order valence-corrected chi connectivity index (χ4v) is 5.60. The van der Waals surface area contributed by atoms with Crippen molar-refractivity contribution in [2.24, 2.45) is 0 Å². The third-order valence-corrected chi connectivity index (χ3v) is 7.29. The van der Waals surface area contributed by atoms with Gasteiger partial charge in [-0.05, 0) is 19.3 Å². The van der Waals surface area contributed by atoms with Crippen molar-refractivity contribution in [2.45, 2.75) is 57.3 Å². The molecule has 0 unspecified atom stereocenters. The van der Waals surface area contributed by atoms with Crippen LogP contribution >= 0.6 is 22.7 Å². The molecule has 2 aromatic heterocycles. The van der Waals surface area contributed by atoms with E-state index in [1.165, 1.54) is 49.1 Å². The molecule has 3 heterocycles. The minimum atomic E-state index is -0.113. The number of thiazole rings is 2. The molecule has 0 spiro atoms. The van der Waals surface area contributed by atoms with Crippen LogP contribution < -0.4 is 15.5 Å². The van der Waals surface area contributed by atoms with Gasteiger partial charge in [0.05, 0.1) is 22.8 Å². The fourth-order valence-electron chi connectivity index (χ4n) is 3.88. The SMILES string of the molecule is O=C(Cc1csc(N2CCCNC2=O)n1)NCCc1nc(C2CCCCC2)cs1. The standard InChI is InChI=1S/C20H27N5O2S2/c26-17(11-15-12-29-20(23-15)25-10-4-8-22-19(25)27)21-9-7-18-24-16(13-28-18)14-5-2-1-3-6-14/h12-14H,1-11H2,(H,21,26)(H,22,27). The summed E-state index contributed by atoms with van der Waals surface area (Å²) in [5.74, 6) is 0.582. The zero-order valence-electron chi connectivity index (χ0n) is 16.5. The zero-order chi connectivity index (χ0) is 20.1. The molecule has 156 valence electrons. The molecule has 2 N–H and O–H groups in total. The van der Waals surface area contributed by atoms with Gasteiger partial charge in [-0.25, -0.2) is 14.8 Å². The highest BCUT2D eigenvalue weighted by molar-refractivity contribution is 7.14. The van der Waals surface area contributed by atoms with Gasteiger partial charge in [0.2, 0.25) is 5.91 Å². The second-order valence-corrected chi connectivity index (χ2v) is 9.42. The van der Waals surface area contributed by atoms with Crippen molar-refractivity contribution in [3.05, 3.63) is 27.2 Å². The molecule has 1 aliphatic carbocycles. The summed E-state index contributed by atoms with van der Waals surface area (Å²) in [6, 6.07) is -0.113. The summed E-state index contributed by atoms with van der Waals surface area (Å²) in [4.78, 5) is 35.0.